The van der Waals surface area contributed by atoms with Crippen molar-refractivity contribution in [1.82, 2.24) is 5.32 Å². The van der Waals surface area contributed by atoms with Crippen molar-refractivity contribution < 1.29 is 23.9 Å². The van der Waals surface area contributed by atoms with Gasteiger partial charge in [0.15, 0.2) is 0 Å². The molecule has 0 aromatic rings. The molecule has 0 aromatic carbocycles. The Bertz CT molecular complexity index is 366. The lowest BCUT2D eigenvalue weighted by molar-refractivity contribution is -0.145. The number of hydrogen-bond donors (Lipinski definition) is 2. The molecule has 1 heterocycles. The first-order chi connectivity index (χ1) is 9.45. The molecule has 2 amide bonds. The Morgan fingerprint density at radius 1 is 1.45 bits per heavy atom. The summed E-state index contributed by atoms with van der Waals surface area (Å²) < 4.78 is 9.95. The minimum absolute atomic E-state index is 0.0306. The average molecular weight is 286 g/mol. The Hall–Kier alpha value is -1.63. The lowest BCUT2D eigenvalue weighted by Gasteiger charge is -2.23. The molecule has 114 valence electrons. The van der Waals surface area contributed by atoms with Gasteiger partial charge in [-0.05, 0) is 19.3 Å². The van der Waals surface area contributed by atoms with Gasteiger partial charge in [0.05, 0.1) is 25.6 Å². The highest BCUT2D eigenvalue weighted by molar-refractivity contribution is 5.88. The maximum absolute atomic E-state index is 12.0. The third-order valence-electron chi connectivity index (χ3n) is 3.27. The summed E-state index contributed by atoms with van der Waals surface area (Å²) in [7, 11) is 0. The minimum Gasteiger partial charge on any atom is -0.466 e. The fourth-order valence-electron chi connectivity index (χ4n) is 2.11. The first-order valence-corrected chi connectivity index (χ1v) is 6.78. The lowest BCUT2D eigenvalue weighted by Crippen LogP contribution is -2.50. The summed E-state index contributed by atoms with van der Waals surface area (Å²) in [5, 5.41) is 2.60. The van der Waals surface area contributed by atoms with Gasteiger partial charge in [-0.2, -0.15) is 0 Å². The smallest absolute Gasteiger partial charge is 0.306 e. The van der Waals surface area contributed by atoms with Gasteiger partial charge in [-0.3, -0.25) is 14.4 Å². The van der Waals surface area contributed by atoms with Gasteiger partial charge in [0.25, 0.3) is 0 Å². The zero-order chi connectivity index (χ0) is 15.1. The molecule has 1 saturated heterocycles. The summed E-state index contributed by atoms with van der Waals surface area (Å²) in [5.74, 6) is -2.01. The molecule has 7 heteroatoms. The van der Waals surface area contributed by atoms with Crippen molar-refractivity contribution in [3.8, 4) is 0 Å². The number of primary amides is 1. The lowest BCUT2D eigenvalue weighted by atomic mass is 9.96. The number of hydrogen-bond acceptors (Lipinski definition) is 5. The summed E-state index contributed by atoms with van der Waals surface area (Å²) >= 11 is 0. The van der Waals surface area contributed by atoms with Gasteiger partial charge in [0.1, 0.15) is 6.04 Å². The Balaban J connectivity index is 2.56. The van der Waals surface area contributed by atoms with Crippen LogP contribution in [0.4, 0.5) is 0 Å². The van der Waals surface area contributed by atoms with E-state index in [1.54, 1.807) is 13.8 Å². The van der Waals surface area contributed by atoms with Gasteiger partial charge >= 0.3 is 5.97 Å². The Morgan fingerprint density at radius 2 is 2.15 bits per heavy atom. The van der Waals surface area contributed by atoms with Gasteiger partial charge in [-0.15, -0.1) is 0 Å². The molecule has 0 spiro atoms. The maximum atomic E-state index is 12.0. The fourth-order valence-corrected chi connectivity index (χ4v) is 2.11. The zero-order valence-corrected chi connectivity index (χ0v) is 11.9. The predicted octanol–water partition coefficient (Wildman–Crippen LogP) is -0.418. The van der Waals surface area contributed by atoms with E-state index in [0.29, 0.717) is 19.6 Å². The van der Waals surface area contributed by atoms with Crippen LogP contribution in [0.25, 0.3) is 0 Å². The first-order valence-electron chi connectivity index (χ1n) is 6.78. The maximum Gasteiger partial charge on any atom is 0.306 e. The molecule has 1 aliphatic heterocycles. The van der Waals surface area contributed by atoms with E-state index in [1.165, 1.54) is 0 Å². The molecule has 0 unspecified atom stereocenters. The van der Waals surface area contributed by atoms with Crippen LogP contribution in [0, 0.1) is 11.8 Å². The largest absolute Gasteiger partial charge is 0.466 e. The van der Waals surface area contributed by atoms with Crippen molar-refractivity contribution >= 4 is 17.8 Å². The number of ether oxygens (including phenoxy) is 2. The second-order valence-electron chi connectivity index (χ2n) is 4.94. The summed E-state index contributed by atoms with van der Waals surface area (Å²) in [4.78, 5) is 34.8. The normalized spacial score (nSPS) is 21.0. The highest BCUT2D eigenvalue weighted by Crippen LogP contribution is 2.15. The minimum atomic E-state index is -0.882. The second-order valence-corrected chi connectivity index (χ2v) is 4.94. The molecule has 1 fully saturated rings. The van der Waals surface area contributed by atoms with Gasteiger partial charge in [0.2, 0.25) is 11.8 Å². The fraction of sp³-hybridized carbons (Fsp3) is 0.769. The summed E-state index contributed by atoms with van der Waals surface area (Å²) in [6.07, 6.45) is 0.659. The molecule has 0 aliphatic carbocycles. The van der Waals surface area contributed by atoms with Crippen molar-refractivity contribution in [3.05, 3.63) is 0 Å². The molecule has 3 N–H and O–H groups in total. The van der Waals surface area contributed by atoms with Crippen LogP contribution in [0.5, 0.6) is 0 Å². The van der Waals surface area contributed by atoms with Crippen LogP contribution in [-0.4, -0.2) is 43.6 Å². The Morgan fingerprint density at radius 3 is 2.65 bits per heavy atom. The number of nitrogens with one attached hydrogen (secondary N) is 1. The number of carbonyl (C=O) groups excluding carboxylic acids is 3. The van der Waals surface area contributed by atoms with Crippen molar-refractivity contribution in [1.29, 1.82) is 0 Å². The molecular formula is C13H22N2O5. The van der Waals surface area contributed by atoms with E-state index in [4.69, 9.17) is 15.2 Å². The quantitative estimate of drug-likeness (QED) is 0.618. The highest BCUT2D eigenvalue weighted by atomic mass is 16.5. The summed E-state index contributed by atoms with van der Waals surface area (Å²) in [6.45, 7) is 4.55. The molecule has 7 nitrogen and oxygen atoms in total. The first kappa shape index (κ1) is 16.4. The molecule has 1 aliphatic rings. The zero-order valence-electron chi connectivity index (χ0n) is 11.9. The summed E-state index contributed by atoms with van der Waals surface area (Å²) in [5.41, 5.74) is 5.30. The van der Waals surface area contributed by atoms with Gasteiger partial charge in [-0.1, -0.05) is 6.92 Å². The molecule has 0 bridgehead atoms. The average Bonchev–Trinajstić information content (AvgIpc) is 2.89. The van der Waals surface area contributed by atoms with E-state index in [1.807, 2.05) is 0 Å². The Labute approximate surface area is 118 Å². The van der Waals surface area contributed by atoms with Crippen molar-refractivity contribution in [2.45, 2.75) is 32.7 Å². The third-order valence-corrected chi connectivity index (χ3v) is 3.27. The van der Waals surface area contributed by atoms with Crippen molar-refractivity contribution in [3.63, 3.8) is 0 Å². The molecule has 3 atom stereocenters. The number of esters is 1. The van der Waals surface area contributed by atoms with E-state index in [-0.39, 0.29) is 24.9 Å². The second kappa shape index (κ2) is 7.84. The van der Waals surface area contributed by atoms with Crippen LogP contribution in [0.2, 0.25) is 0 Å². The van der Waals surface area contributed by atoms with Crippen LogP contribution in [0.1, 0.15) is 26.7 Å². The standard InChI is InChI=1S/C13H22N2O5/c1-3-20-10(16)6-8(2)11(12(14)17)15-13(18)9-4-5-19-7-9/h8-9,11H,3-7H2,1-2H3,(H2,14,17)(H,15,18)/t8-,9+,11-/m0/s1. The van der Waals surface area contributed by atoms with Gasteiger partial charge in [0, 0.05) is 6.61 Å². The third kappa shape index (κ3) is 4.80. The van der Waals surface area contributed by atoms with E-state index in [9.17, 15) is 14.4 Å². The van der Waals surface area contributed by atoms with E-state index < -0.39 is 23.8 Å². The van der Waals surface area contributed by atoms with E-state index >= 15 is 0 Å². The van der Waals surface area contributed by atoms with Gasteiger partial charge < -0.3 is 20.5 Å². The Kier molecular flexibility index (Phi) is 6.44. The SMILES string of the molecule is CCOC(=O)C[C@H](C)[C@H](NC(=O)[C@@H]1CCOC1)C(N)=O. The van der Waals surface area contributed by atoms with Crippen LogP contribution >= 0.6 is 0 Å². The van der Waals surface area contributed by atoms with Crippen LogP contribution in [0.3, 0.4) is 0 Å². The molecule has 20 heavy (non-hydrogen) atoms. The van der Waals surface area contributed by atoms with Gasteiger partial charge in [-0.25, -0.2) is 0 Å². The van der Waals surface area contributed by atoms with Crippen LogP contribution < -0.4 is 11.1 Å². The monoisotopic (exact) mass is 286 g/mol. The molecule has 0 radical (unpaired) electrons. The van der Waals surface area contributed by atoms with Crippen molar-refractivity contribution in [2.24, 2.45) is 17.6 Å². The van der Waals surface area contributed by atoms with Crippen LogP contribution in [-0.2, 0) is 23.9 Å². The molecule has 1 rings (SSSR count). The number of rotatable bonds is 7. The van der Waals surface area contributed by atoms with E-state index in [2.05, 4.69) is 5.32 Å². The molecular weight excluding hydrogens is 264 g/mol. The number of carbonyl (C=O) groups is 3. The topological polar surface area (TPSA) is 108 Å². The molecule has 0 saturated carbocycles. The summed E-state index contributed by atoms with van der Waals surface area (Å²) in [6, 6.07) is -0.882. The van der Waals surface area contributed by atoms with E-state index in [0.717, 1.165) is 0 Å². The van der Waals surface area contributed by atoms with Crippen molar-refractivity contribution in [2.75, 3.05) is 19.8 Å². The predicted molar refractivity (Wildman–Crippen MR) is 70.5 cm³/mol. The number of nitrogens with two attached hydrogens (primary N) is 1. The number of amides is 2. The van der Waals surface area contributed by atoms with Crippen LogP contribution in [0.15, 0.2) is 0 Å². The highest BCUT2D eigenvalue weighted by Gasteiger charge is 2.31. The molecule has 0 aromatic heterocycles.